The maximum Gasteiger partial charge on any atom is 0.295 e. The van der Waals surface area contributed by atoms with Gasteiger partial charge in [0.15, 0.2) is 15.5 Å². The first-order valence-corrected chi connectivity index (χ1v) is 7.56. The SMILES string of the molecule is Nc1c(S(=O)(=O)Cc2ccccc2)ccnc1C(=O)NO. The van der Waals surface area contributed by atoms with Crippen LogP contribution in [0.5, 0.6) is 0 Å². The fourth-order valence-electron chi connectivity index (χ4n) is 1.83. The summed E-state index contributed by atoms with van der Waals surface area (Å²) in [6, 6.07) is 9.81. The molecule has 0 aliphatic heterocycles. The summed E-state index contributed by atoms with van der Waals surface area (Å²) in [4.78, 5) is 14.8. The van der Waals surface area contributed by atoms with Gasteiger partial charge in [-0.3, -0.25) is 10.0 Å². The number of nitrogens with two attached hydrogens (primary N) is 1. The number of hydrogen-bond donors (Lipinski definition) is 3. The molecule has 0 radical (unpaired) electrons. The van der Waals surface area contributed by atoms with Crippen molar-refractivity contribution in [2.24, 2.45) is 0 Å². The number of nitrogens with zero attached hydrogens (tertiary/aromatic N) is 1. The van der Waals surface area contributed by atoms with Crippen LogP contribution in [0.3, 0.4) is 0 Å². The van der Waals surface area contributed by atoms with Crippen molar-refractivity contribution in [3.63, 3.8) is 0 Å². The topological polar surface area (TPSA) is 122 Å². The van der Waals surface area contributed by atoms with Crippen LogP contribution in [0.4, 0.5) is 5.69 Å². The van der Waals surface area contributed by atoms with Crippen molar-refractivity contribution >= 4 is 21.4 Å². The minimum Gasteiger partial charge on any atom is -0.396 e. The molecule has 0 bridgehead atoms. The number of aromatic nitrogens is 1. The highest BCUT2D eigenvalue weighted by molar-refractivity contribution is 7.90. The number of benzene rings is 1. The van der Waals surface area contributed by atoms with E-state index in [1.165, 1.54) is 11.5 Å². The predicted molar refractivity (Wildman–Crippen MR) is 75.2 cm³/mol. The predicted octanol–water partition coefficient (Wildman–Crippen LogP) is 0.757. The van der Waals surface area contributed by atoms with Crippen LogP contribution in [0.25, 0.3) is 0 Å². The molecule has 0 aliphatic rings. The maximum absolute atomic E-state index is 12.4. The van der Waals surface area contributed by atoms with Crippen LogP contribution in [0, 0.1) is 0 Å². The number of hydroxylamine groups is 1. The Morgan fingerprint density at radius 3 is 2.52 bits per heavy atom. The van der Waals surface area contributed by atoms with Crippen LogP contribution >= 0.6 is 0 Å². The molecular formula is C13H13N3O4S. The maximum atomic E-state index is 12.4. The molecule has 2 rings (SSSR count). The van der Waals surface area contributed by atoms with Gasteiger partial charge >= 0.3 is 0 Å². The molecule has 4 N–H and O–H groups in total. The summed E-state index contributed by atoms with van der Waals surface area (Å²) < 4.78 is 24.8. The zero-order chi connectivity index (χ0) is 15.5. The van der Waals surface area contributed by atoms with Crippen molar-refractivity contribution in [3.8, 4) is 0 Å². The smallest absolute Gasteiger partial charge is 0.295 e. The molecule has 7 nitrogen and oxygen atoms in total. The van der Waals surface area contributed by atoms with Crippen LogP contribution in [-0.4, -0.2) is 24.5 Å². The fourth-order valence-corrected chi connectivity index (χ4v) is 3.32. The average Bonchev–Trinajstić information content (AvgIpc) is 2.47. The third-order valence-electron chi connectivity index (χ3n) is 2.80. The lowest BCUT2D eigenvalue weighted by Crippen LogP contribution is -2.22. The standard InChI is InChI=1S/C13H13N3O4S/c14-11-10(6-7-15-12(11)13(17)16-18)21(19,20)8-9-4-2-1-3-5-9/h1-7,18H,8,14H2,(H,16,17). The molecule has 21 heavy (non-hydrogen) atoms. The summed E-state index contributed by atoms with van der Waals surface area (Å²) >= 11 is 0. The van der Waals surface area contributed by atoms with Crippen molar-refractivity contribution in [2.45, 2.75) is 10.6 Å². The van der Waals surface area contributed by atoms with Gasteiger partial charge in [-0.25, -0.2) is 18.9 Å². The Balaban J connectivity index is 2.44. The molecule has 8 heteroatoms. The molecule has 1 amide bonds. The minimum absolute atomic E-state index is 0.194. The van der Waals surface area contributed by atoms with E-state index in [4.69, 9.17) is 10.9 Å². The van der Waals surface area contributed by atoms with Gasteiger partial charge in [-0.2, -0.15) is 0 Å². The van der Waals surface area contributed by atoms with Crippen molar-refractivity contribution in [3.05, 3.63) is 53.9 Å². The highest BCUT2D eigenvalue weighted by Gasteiger charge is 2.23. The molecule has 1 heterocycles. The lowest BCUT2D eigenvalue weighted by molar-refractivity contribution is 0.0701. The molecule has 0 atom stereocenters. The molecule has 0 spiro atoms. The first-order valence-electron chi connectivity index (χ1n) is 5.91. The summed E-state index contributed by atoms with van der Waals surface area (Å²) in [5, 5.41) is 8.60. The fraction of sp³-hybridized carbons (Fsp3) is 0.0769. The second-order valence-electron chi connectivity index (χ2n) is 4.26. The lowest BCUT2D eigenvalue weighted by atomic mass is 10.2. The summed E-state index contributed by atoms with van der Waals surface area (Å²) in [5.41, 5.74) is 7.03. The Bertz CT molecular complexity index is 760. The molecular weight excluding hydrogens is 294 g/mol. The Labute approximate surface area is 121 Å². The quantitative estimate of drug-likeness (QED) is 0.566. The number of carbonyl (C=O) groups is 1. The molecule has 110 valence electrons. The van der Waals surface area contributed by atoms with Crippen molar-refractivity contribution < 1.29 is 18.4 Å². The number of sulfone groups is 1. The highest BCUT2D eigenvalue weighted by atomic mass is 32.2. The van der Waals surface area contributed by atoms with E-state index in [9.17, 15) is 13.2 Å². The molecule has 0 aliphatic carbocycles. The highest BCUT2D eigenvalue weighted by Crippen LogP contribution is 2.24. The van der Waals surface area contributed by atoms with Gasteiger partial charge in [0, 0.05) is 6.20 Å². The van der Waals surface area contributed by atoms with Crippen LogP contribution in [-0.2, 0) is 15.6 Å². The number of carbonyl (C=O) groups excluding carboxylic acids is 1. The Hall–Kier alpha value is -2.45. The number of hydrogen-bond acceptors (Lipinski definition) is 6. The Morgan fingerprint density at radius 1 is 1.24 bits per heavy atom. The van der Waals surface area contributed by atoms with Crippen molar-refractivity contribution in [2.75, 3.05) is 5.73 Å². The Morgan fingerprint density at radius 2 is 1.90 bits per heavy atom. The molecule has 0 unspecified atom stereocenters. The van der Waals surface area contributed by atoms with E-state index in [0.717, 1.165) is 6.20 Å². The number of nitrogen functional groups attached to an aromatic ring is 1. The largest absolute Gasteiger partial charge is 0.396 e. The van der Waals surface area contributed by atoms with E-state index in [2.05, 4.69) is 4.98 Å². The van der Waals surface area contributed by atoms with Gasteiger partial charge in [0.05, 0.1) is 16.3 Å². The van der Waals surface area contributed by atoms with E-state index in [-0.39, 0.29) is 22.0 Å². The Kier molecular flexibility index (Phi) is 4.20. The summed E-state index contributed by atoms with van der Waals surface area (Å²) in [6.45, 7) is 0. The van der Waals surface area contributed by atoms with Crippen LogP contribution < -0.4 is 11.2 Å². The first kappa shape index (κ1) is 14.9. The van der Waals surface area contributed by atoms with Crippen molar-refractivity contribution in [1.82, 2.24) is 10.5 Å². The molecule has 2 aromatic rings. The third kappa shape index (κ3) is 3.18. The van der Waals surface area contributed by atoms with Crippen molar-refractivity contribution in [1.29, 1.82) is 0 Å². The monoisotopic (exact) mass is 307 g/mol. The number of amides is 1. The van der Waals surface area contributed by atoms with Gasteiger partial charge in [0.1, 0.15) is 0 Å². The van der Waals surface area contributed by atoms with E-state index >= 15 is 0 Å². The van der Waals surface area contributed by atoms with E-state index in [1.54, 1.807) is 30.3 Å². The van der Waals surface area contributed by atoms with Gasteiger partial charge in [-0.15, -0.1) is 0 Å². The van der Waals surface area contributed by atoms with Gasteiger partial charge in [0.2, 0.25) is 0 Å². The molecule has 0 fully saturated rings. The van der Waals surface area contributed by atoms with Crippen LogP contribution in [0.15, 0.2) is 47.5 Å². The average molecular weight is 307 g/mol. The number of nitrogens with one attached hydrogen (secondary N) is 1. The normalized spacial score (nSPS) is 11.1. The van der Waals surface area contributed by atoms with Gasteiger partial charge in [0.25, 0.3) is 5.91 Å². The van der Waals surface area contributed by atoms with Gasteiger partial charge in [-0.1, -0.05) is 30.3 Å². The number of anilines is 1. The molecule has 0 saturated carbocycles. The van der Waals surface area contributed by atoms with E-state index < -0.39 is 15.7 Å². The van der Waals surface area contributed by atoms with E-state index in [0.29, 0.717) is 5.56 Å². The zero-order valence-corrected chi connectivity index (χ0v) is 11.7. The second-order valence-corrected chi connectivity index (χ2v) is 6.21. The third-order valence-corrected chi connectivity index (χ3v) is 4.54. The lowest BCUT2D eigenvalue weighted by Gasteiger charge is -2.10. The van der Waals surface area contributed by atoms with Crippen LogP contribution in [0.2, 0.25) is 0 Å². The first-order chi connectivity index (χ1) is 9.95. The summed E-state index contributed by atoms with van der Waals surface area (Å²) in [7, 11) is -3.73. The van der Waals surface area contributed by atoms with Crippen LogP contribution in [0.1, 0.15) is 16.1 Å². The molecule has 0 saturated heterocycles. The van der Waals surface area contributed by atoms with E-state index in [1.807, 2.05) is 0 Å². The molecule has 1 aromatic heterocycles. The van der Waals surface area contributed by atoms with Gasteiger partial charge < -0.3 is 5.73 Å². The minimum atomic E-state index is -3.73. The second kappa shape index (κ2) is 5.90. The zero-order valence-electron chi connectivity index (χ0n) is 10.9. The number of pyridine rings is 1. The molecule has 1 aromatic carbocycles. The summed E-state index contributed by atoms with van der Waals surface area (Å²) in [5.74, 6) is -1.22. The van der Waals surface area contributed by atoms with Gasteiger partial charge in [-0.05, 0) is 11.6 Å². The summed E-state index contributed by atoms with van der Waals surface area (Å²) in [6.07, 6.45) is 1.15. The number of rotatable bonds is 4.